The Kier molecular flexibility index (Phi) is 4.31. The number of halogens is 2. The fourth-order valence-electron chi connectivity index (χ4n) is 1.03. The molecule has 0 aliphatic heterocycles. The third-order valence-corrected chi connectivity index (χ3v) is 4.17. The third kappa shape index (κ3) is 2.60. The first kappa shape index (κ1) is 10.3. The van der Waals surface area contributed by atoms with Crippen LogP contribution in [-0.4, -0.2) is 20.2 Å². The summed E-state index contributed by atoms with van der Waals surface area (Å²) in [6.45, 7) is 0. The van der Waals surface area contributed by atoms with Gasteiger partial charge < -0.3 is 4.12 Å². The first-order valence-electron chi connectivity index (χ1n) is 3.60. The monoisotopic (exact) mass is 236 g/mol. The lowest BCUT2D eigenvalue weighted by Crippen LogP contribution is -2.20. The van der Waals surface area contributed by atoms with Gasteiger partial charge in [0.05, 0.1) is 0 Å². The Labute approximate surface area is 87.5 Å². The van der Waals surface area contributed by atoms with Gasteiger partial charge in [-0.3, -0.25) is 0 Å². The van der Waals surface area contributed by atoms with E-state index in [1.54, 1.807) is 0 Å². The van der Waals surface area contributed by atoms with E-state index < -0.39 is 14.6 Å². The summed E-state index contributed by atoms with van der Waals surface area (Å²) >= 11 is 11.6. The maximum absolute atomic E-state index is 5.79. The van der Waals surface area contributed by atoms with Gasteiger partial charge in [0.1, 0.15) is 15.3 Å². The molecule has 1 aromatic carbocycles. The number of rotatable bonds is 3. The van der Waals surface area contributed by atoms with Crippen molar-refractivity contribution >= 4 is 48.6 Å². The van der Waals surface area contributed by atoms with E-state index in [2.05, 4.69) is 0 Å². The highest BCUT2D eigenvalue weighted by molar-refractivity contribution is 6.53. The van der Waals surface area contributed by atoms with Crippen LogP contribution in [0.5, 0.6) is 0 Å². The standard InChI is InChI=1S/C7H10Cl2OSi2/c8-7(9)5-3-1-2-4-6(5)12-10-11/h1-4,7H,12H2,11H3. The van der Waals surface area contributed by atoms with E-state index in [0.29, 0.717) is 0 Å². The number of hydrogen-bond acceptors (Lipinski definition) is 1. The largest absolute Gasteiger partial charge is 0.465 e. The molecule has 1 aromatic rings. The molecule has 0 spiro atoms. The molecule has 12 heavy (non-hydrogen) atoms. The van der Waals surface area contributed by atoms with Crippen LogP contribution in [0.15, 0.2) is 24.3 Å². The van der Waals surface area contributed by atoms with Gasteiger partial charge in [-0.15, -0.1) is 23.2 Å². The van der Waals surface area contributed by atoms with Crippen LogP contribution in [0.3, 0.4) is 0 Å². The average molecular weight is 237 g/mol. The molecule has 0 atom stereocenters. The molecule has 1 rings (SSSR count). The molecule has 1 nitrogen and oxygen atoms in total. The Morgan fingerprint density at radius 1 is 1.33 bits per heavy atom. The molecular weight excluding hydrogens is 227 g/mol. The molecule has 66 valence electrons. The zero-order valence-electron chi connectivity index (χ0n) is 6.76. The van der Waals surface area contributed by atoms with Crippen LogP contribution in [0.4, 0.5) is 0 Å². The van der Waals surface area contributed by atoms with Crippen molar-refractivity contribution in [2.24, 2.45) is 0 Å². The SMILES string of the molecule is [SiH3]O[SiH2]c1ccccc1C(Cl)Cl. The fourth-order valence-corrected chi connectivity index (χ4v) is 3.68. The first-order valence-corrected chi connectivity index (χ1v) is 6.58. The van der Waals surface area contributed by atoms with Crippen molar-refractivity contribution < 1.29 is 4.12 Å². The number of alkyl halides is 2. The minimum absolute atomic E-state index is 0.425. The fraction of sp³-hybridized carbons (Fsp3) is 0.143. The van der Waals surface area contributed by atoms with Gasteiger partial charge >= 0.3 is 0 Å². The van der Waals surface area contributed by atoms with Crippen LogP contribution >= 0.6 is 23.2 Å². The van der Waals surface area contributed by atoms with Crippen LogP contribution in [0.2, 0.25) is 0 Å². The van der Waals surface area contributed by atoms with Gasteiger partial charge in [0.15, 0.2) is 9.76 Å². The molecule has 0 radical (unpaired) electrons. The van der Waals surface area contributed by atoms with E-state index in [0.717, 1.165) is 16.0 Å². The topological polar surface area (TPSA) is 9.23 Å². The van der Waals surface area contributed by atoms with Gasteiger partial charge in [0, 0.05) is 0 Å². The van der Waals surface area contributed by atoms with Crippen LogP contribution < -0.4 is 5.19 Å². The zero-order valence-corrected chi connectivity index (χ0v) is 11.7. The van der Waals surface area contributed by atoms with Crippen molar-refractivity contribution in [3.8, 4) is 0 Å². The highest BCUT2D eigenvalue weighted by Gasteiger charge is 2.07. The summed E-state index contributed by atoms with van der Waals surface area (Å²) in [5.74, 6) is 0. The summed E-state index contributed by atoms with van der Waals surface area (Å²) in [4.78, 5) is -0.425. The zero-order chi connectivity index (χ0) is 8.97. The van der Waals surface area contributed by atoms with Crippen molar-refractivity contribution in [2.75, 3.05) is 0 Å². The van der Waals surface area contributed by atoms with Gasteiger partial charge in [-0.05, 0) is 10.8 Å². The van der Waals surface area contributed by atoms with Crippen molar-refractivity contribution in [3.05, 3.63) is 29.8 Å². The van der Waals surface area contributed by atoms with E-state index in [-0.39, 0.29) is 0 Å². The second kappa shape index (κ2) is 5.04. The summed E-state index contributed by atoms with van der Waals surface area (Å²) in [5.41, 5.74) is 1.00. The van der Waals surface area contributed by atoms with Gasteiger partial charge in [0.2, 0.25) is 0 Å². The summed E-state index contributed by atoms with van der Waals surface area (Å²) in [7, 11) is 0.213. The molecule has 0 heterocycles. The molecule has 0 fully saturated rings. The second-order valence-electron chi connectivity index (χ2n) is 2.43. The molecule has 0 aromatic heterocycles. The highest BCUT2D eigenvalue weighted by atomic mass is 35.5. The van der Waals surface area contributed by atoms with Gasteiger partial charge in [-0.2, -0.15) is 0 Å². The third-order valence-electron chi connectivity index (χ3n) is 1.59. The summed E-state index contributed by atoms with van der Waals surface area (Å²) in [6.07, 6.45) is 0. The lowest BCUT2D eigenvalue weighted by molar-refractivity contribution is 0.676. The molecule has 0 unspecified atom stereocenters. The Balaban J connectivity index is 2.92. The van der Waals surface area contributed by atoms with Gasteiger partial charge in [-0.25, -0.2) is 0 Å². The number of benzene rings is 1. The van der Waals surface area contributed by atoms with Crippen molar-refractivity contribution in [3.63, 3.8) is 0 Å². The van der Waals surface area contributed by atoms with Crippen molar-refractivity contribution in [2.45, 2.75) is 4.84 Å². The Bertz CT molecular complexity index is 255. The second-order valence-corrected chi connectivity index (χ2v) is 6.89. The summed E-state index contributed by atoms with van der Waals surface area (Å²) in [6, 6.07) is 7.92. The van der Waals surface area contributed by atoms with E-state index in [1.807, 2.05) is 24.3 Å². The summed E-state index contributed by atoms with van der Waals surface area (Å²) < 4.78 is 5.28. The number of hydrogen-bond donors (Lipinski definition) is 0. The van der Waals surface area contributed by atoms with Crippen molar-refractivity contribution in [1.82, 2.24) is 0 Å². The molecule has 0 aliphatic carbocycles. The quantitative estimate of drug-likeness (QED) is 0.538. The predicted octanol–water partition coefficient (Wildman–Crippen LogP) is 0.169. The summed E-state index contributed by atoms with van der Waals surface area (Å²) in [5, 5.41) is 1.21. The molecule has 0 bridgehead atoms. The van der Waals surface area contributed by atoms with E-state index in [9.17, 15) is 0 Å². The van der Waals surface area contributed by atoms with Gasteiger partial charge in [0.25, 0.3) is 0 Å². The molecule has 0 N–H and O–H groups in total. The van der Waals surface area contributed by atoms with Crippen LogP contribution in [0.1, 0.15) is 10.4 Å². The molecule has 5 heteroatoms. The normalized spacial score (nSPS) is 11.9. The van der Waals surface area contributed by atoms with E-state index in [4.69, 9.17) is 27.3 Å². The maximum atomic E-state index is 5.79. The average Bonchev–Trinajstić information content (AvgIpc) is 2.05. The molecule has 0 amide bonds. The lowest BCUT2D eigenvalue weighted by atomic mass is 10.2. The van der Waals surface area contributed by atoms with E-state index in [1.165, 1.54) is 5.19 Å². The Morgan fingerprint density at radius 2 is 2.00 bits per heavy atom. The minimum atomic E-state index is -0.580. The maximum Gasteiger partial charge on any atom is 0.178 e. The molecule has 0 aliphatic rings. The Hall–Kier alpha value is 0.194. The smallest absolute Gasteiger partial charge is 0.178 e. The lowest BCUT2D eigenvalue weighted by Gasteiger charge is -2.07. The van der Waals surface area contributed by atoms with Crippen LogP contribution in [-0.2, 0) is 4.12 Å². The van der Waals surface area contributed by atoms with Crippen molar-refractivity contribution in [1.29, 1.82) is 0 Å². The van der Waals surface area contributed by atoms with Gasteiger partial charge in [-0.1, -0.05) is 24.3 Å². The predicted molar refractivity (Wildman–Crippen MR) is 60.1 cm³/mol. The van der Waals surface area contributed by atoms with E-state index >= 15 is 0 Å². The Morgan fingerprint density at radius 3 is 2.58 bits per heavy atom. The molecule has 0 saturated carbocycles. The molecular formula is C7H10Cl2OSi2. The van der Waals surface area contributed by atoms with Crippen LogP contribution in [0, 0.1) is 0 Å². The van der Waals surface area contributed by atoms with Crippen LogP contribution in [0.25, 0.3) is 0 Å². The highest BCUT2D eigenvalue weighted by Crippen LogP contribution is 2.22. The first-order chi connectivity index (χ1) is 5.75. The molecule has 0 saturated heterocycles. The minimum Gasteiger partial charge on any atom is -0.465 e.